The van der Waals surface area contributed by atoms with Crippen LogP contribution in [0.5, 0.6) is 0 Å². The van der Waals surface area contributed by atoms with Crippen LogP contribution in [0.15, 0.2) is 77.9 Å². The molecule has 3 aromatic carbocycles. The van der Waals surface area contributed by atoms with E-state index in [9.17, 15) is 4.79 Å². The summed E-state index contributed by atoms with van der Waals surface area (Å²) in [6.07, 6.45) is 0.740. The minimum absolute atomic E-state index is 0.0619. The van der Waals surface area contributed by atoms with Crippen LogP contribution in [-0.2, 0) is 11.3 Å². The zero-order chi connectivity index (χ0) is 25.1. The molecule has 2 heterocycles. The van der Waals surface area contributed by atoms with Gasteiger partial charge in [-0.2, -0.15) is 5.10 Å². The molecule has 1 fully saturated rings. The molecule has 186 valence electrons. The van der Waals surface area contributed by atoms with Crippen LogP contribution in [0.4, 0.5) is 0 Å². The maximum Gasteiger partial charge on any atom is 0.257 e. The van der Waals surface area contributed by atoms with Crippen LogP contribution in [0.3, 0.4) is 0 Å². The van der Waals surface area contributed by atoms with E-state index in [2.05, 4.69) is 103 Å². The smallest absolute Gasteiger partial charge is 0.257 e. The van der Waals surface area contributed by atoms with Gasteiger partial charge in [0.15, 0.2) is 0 Å². The van der Waals surface area contributed by atoms with E-state index in [-0.39, 0.29) is 11.9 Å². The topological polar surface area (TPSA) is 39.2 Å². The van der Waals surface area contributed by atoms with Gasteiger partial charge in [-0.1, -0.05) is 83.9 Å². The predicted octanol–water partition coefficient (Wildman–Crippen LogP) is 5.11. The van der Waals surface area contributed by atoms with Crippen molar-refractivity contribution in [2.45, 2.75) is 39.8 Å². The van der Waals surface area contributed by atoms with Crippen molar-refractivity contribution in [2.24, 2.45) is 5.10 Å². The number of benzene rings is 3. The van der Waals surface area contributed by atoms with Gasteiger partial charge >= 0.3 is 0 Å². The first kappa shape index (κ1) is 24.4. The lowest BCUT2D eigenvalue weighted by atomic mass is 9.95. The number of piperazine rings is 1. The summed E-state index contributed by atoms with van der Waals surface area (Å²) >= 11 is 0. The van der Waals surface area contributed by atoms with E-state index < -0.39 is 0 Å². The summed E-state index contributed by atoms with van der Waals surface area (Å²) in [5, 5.41) is 6.69. The molecule has 0 spiro atoms. The van der Waals surface area contributed by atoms with Crippen LogP contribution < -0.4 is 0 Å². The molecular weight excluding hydrogens is 444 g/mol. The number of aryl methyl sites for hydroxylation is 3. The molecule has 2 aliphatic heterocycles. The molecule has 1 atom stereocenters. The zero-order valence-corrected chi connectivity index (χ0v) is 21.7. The summed E-state index contributed by atoms with van der Waals surface area (Å²) in [5.74, 6) is 0.0804. The number of carbonyl (C=O) groups is 1. The molecule has 5 nitrogen and oxygen atoms in total. The quantitative estimate of drug-likeness (QED) is 0.492. The highest BCUT2D eigenvalue weighted by atomic mass is 16.2. The first-order valence-corrected chi connectivity index (χ1v) is 13.0. The number of hydrazone groups is 1. The van der Waals surface area contributed by atoms with Gasteiger partial charge in [0.2, 0.25) is 0 Å². The Hall–Kier alpha value is -3.28. The summed E-state index contributed by atoms with van der Waals surface area (Å²) in [7, 11) is 0. The van der Waals surface area contributed by atoms with Gasteiger partial charge in [0.05, 0.1) is 18.3 Å². The van der Waals surface area contributed by atoms with Gasteiger partial charge in [0, 0.05) is 44.7 Å². The number of hydrogen-bond donors (Lipinski definition) is 0. The molecule has 0 aliphatic carbocycles. The Balaban J connectivity index is 1.29. The van der Waals surface area contributed by atoms with Crippen LogP contribution >= 0.6 is 0 Å². The molecule has 1 amide bonds. The first-order chi connectivity index (χ1) is 17.5. The second-order valence-electron chi connectivity index (χ2n) is 10.3. The number of nitrogens with zero attached hydrogens (tertiary/aromatic N) is 4. The maximum absolute atomic E-state index is 13.6. The van der Waals surface area contributed by atoms with Gasteiger partial charge in [-0.3, -0.25) is 14.6 Å². The van der Waals surface area contributed by atoms with Crippen molar-refractivity contribution in [3.05, 3.63) is 106 Å². The van der Waals surface area contributed by atoms with E-state index in [1.165, 1.54) is 22.3 Å². The molecule has 0 bridgehead atoms. The largest absolute Gasteiger partial charge is 0.297 e. The molecule has 5 heteroatoms. The third kappa shape index (κ3) is 5.58. The van der Waals surface area contributed by atoms with Crippen molar-refractivity contribution in [1.82, 2.24) is 14.8 Å². The van der Waals surface area contributed by atoms with E-state index in [0.717, 1.165) is 56.0 Å². The van der Waals surface area contributed by atoms with E-state index in [4.69, 9.17) is 5.10 Å². The molecule has 0 saturated carbocycles. The Bertz CT molecular complexity index is 1230. The minimum Gasteiger partial charge on any atom is -0.297 e. The molecule has 36 heavy (non-hydrogen) atoms. The molecule has 0 radical (unpaired) electrons. The van der Waals surface area contributed by atoms with Crippen molar-refractivity contribution >= 4 is 11.6 Å². The highest BCUT2D eigenvalue weighted by Crippen LogP contribution is 2.34. The SMILES string of the molecule is Cc1ccc([C@@H]2CC(c3ccc(C)cc3C)=NN2C(=O)CN2CCN(Cc3ccccc3)CC2)cc1. The lowest BCUT2D eigenvalue weighted by Gasteiger charge is -2.35. The van der Waals surface area contributed by atoms with Crippen LogP contribution in [0, 0.1) is 20.8 Å². The summed E-state index contributed by atoms with van der Waals surface area (Å²) < 4.78 is 0. The lowest BCUT2D eigenvalue weighted by molar-refractivity contribution is -0.134. The van der Waals surface area contributed by atoms with Gasteiger partial charge in [0.1, 0.15) is 0 Å². The van der Waals surface area contributed by atoms with Crippen molar-refractivity contribution in [3.63, 3.8) is 0 Å². The van der Waals surface area contributed by atoms with E-state index >= 15 is 0 Å². The third-order valence-corrected chi connectivity index (χ3v) is 7.39. The van der Waals surface area contributed by atoms with Gasteiger partial charge in [-0.05, 0) is 37.5 Å². The van der Waals surface area contributed by atoms with Crippen molar-refractivity contribution in [3.8, 4) is 0 Å². The molecule has 5 rings (SSSR count). The molecule has 0 aromatic heterocycles. The van der Waals surface area contributed by atoms with Gasteiger partial charge in [-0.25, -0.2) is 5.01 Å². The second-order valence-corrected chi connectivity index (χ2v) is 10.3. The fourth-order valence-electron chi connectivity index (χ4n) is 5.30. The number of amides is 1. The third-order valence-electron chi connectivity index (χ3n) is 7.39. The first-order valence-electron chi connectivity index (χ1n) is 13.0. The molecule has 3 aromatic rings. The van der Waals surface area contributed by atoms with Crippen LogP contribution in [0.1, 0.15) is 45.8 Å². The van der Waals surface area contributed by atoms with E-state index in [1.807, 2.05) is 0 Å². The van der Waals surface area contributed by atoms with Gasteiger partial charge in [-0.15, -0.1) is 0 Å². The van der Waals surface area contributed by atoms with Crippen LogP contribution in [0.25, 0.3) is 0 Å². The normalized spacial score (nSPS) is 18.9. The highest BCUT2D eigenvalue weighted by Gasteiger charge is 2.34. The Morgan fingerprint density at radius 1 is 0.833 bits per heavy atom. The zero-order valence-electron chi connectivity index (χ0n) is 21.7. The fourth-order valence-corrected chi connectivity index (χ4v) is 5.30. The predicted molar refractivity (Wildman–Crippen MR) is 146 cm³/mol. The Morgan fingerprint density at radius 3 is 2.19 bits per heavy atom. The van der Waals surface area contributed by atoms with Crippen molar-refractivity contribution in [1.29, 1.82) is 0 Å². The monoisotopic (exact) mass is 480 g/mol. The minimum atomic E-state index is -0.0619. The number of carbonyl (C=O) groups excluding carboxylic acids is 1. The molecular formula is C31H36N4O. The summed E-state index contributed by atoms with van der Waals surface area (Å²) in [6, 6.07) is 25.6. The summed E-state index contributed by atoms with van der Waals surface area (Å²) in [4.78, 5) is 18.4. The van der Waals surface area contributed by atoms with Crippen molar-refractivity contribution < 1.29 is 4.79 Å². The number of rotatable bonds is 6. The standard InChI is InChI=1S/C31H36N4O/c1-23-9-12-27(13-10-23)30-20-29(28-14-11-24(2)19-25(28)3)32-35(30)31(36)22-34-17-15-33(16-18-34)21-26-7-5-4-6-8-26/h4-14,19,30H,15-18,20-22H2,1-3H3/t30-/m0/s1. The van der Waals surface area contributed by atoms with E-state index in [1.54, 1.807) is 5.01 Å². The average Bonchev–Trinajstić information content (AvgIpc) is 3.32. The summed E-state index contributed by atoms with van der Waals surface area (Å²) in [6.45, 7) is 11.4. The van der Waals surface area contributed by atoms with Crippen LogP contribution in [0.2, 0.25) is 0 Å². The highest BCUT2D eigenvalue weighted by molar-refractivity contribution is 6.04. The molecule has 0 unspecified atom stereocenters. The van der Waals surface area contributed by atoms with E-state index in [0.29, 0.717) is 6.54 Å². The number of hydrogen-bond acceptors (Lipinski definition) is 4. The molecule has 0 N–H and O–H groups in total. The fraction of sp³-hybridized carbons (Fsp3) is 0.355. The summed E-state index contributed by atoms with van der Waals surface area (Å²) in [5.41, 5.74) is 8.29. The average molecular weight is 481 g/mol. The van der Waals surface area contributed by atoms with Crippen LogP contribution in [-0.4, -0.2) is 59.2 Å². The Morgan fingerprint density at radius 2 is 1.50 bits per heavy atom. The van der Waals surface area contributed by atoms with Crippen molar-refractivity contribution in [2.75, 3.05) is 32.7 Å². The molecule has 2 aliphatic rings. The second kappa shape index (κ2) is 10.8. The Kier molecular flexibility index (Phi) is 7.30. The van der Waals surface area contributed by atoms with Gasteiger partial charge in [0.25, 0.3) is 5.91 Å². The molecule has 1 saturated heterocycles. The lowest BCUT2D eigenvalue weighted by Crippen LogP contribution is -2.49. The maximum atomic E-state index is 13.6. The Labute approximate surface area is 215 Å². The van der Waals surface area contributed by atoms with Gasteiger partial charge < -0.3 is 0 Å².